The largest absolute Gasteiger partial charge is 0.497 e. The van der Waals surface area contributed by atoms with E-state index in [0.29, 0.717) is 23.3 Å². The quantitative estimate of drug-likeness (QED) is 0.424. The van der Waals surface area contributed by atoms with E-state index in [0.717, 1.165) is 21.3 Å². The van der Waals surface area contributed by atoms with E-state index in [2.05, 4.69) is 34.6 Å². The molecule has 0 aliphatic heterocycles. The van der Waals surface area contributed by atoms with Gasteiger partial charge in [0.2, 0.25) is 11.0 Å². The molecule has 31 heavy (non-hydrogen) atoms. The number of amides is 1. The van der Waals surface area contributed by atoms with Gasteiger partial charge in [0.25, 0.3) is 0 Å². The molecule has 0 radical (unpaired) electrons. The number of hydrogen-bond acceptors (Lipinski definition) is 7. The highest BCUT2D eigenvalue weighted by atomic mass is 32.2. The molecule has 8 heteroatoms. The third-order valence-corrected chi connectivity index (χ3v) is 7.32. The second-order valence-electron chi connectivity index (χ2n) is 7.60. The van der Waals surface area contributed by atoms with Crippen molar-refractivity contribution in [3.63, 3.8) is 0 Å². The van der Waals surface area contributed by atoms with Crippen LogP contribution in [0.2, 0.25) is 0 Å². The molecular formula is C23H26N4O2S2. The molecule has 2 aromatic carbocycles. The summed E-state index contributed by atoms with van der Waals surface area (Å²) in [6.45, 7) is 2.82. The normalized spacial score (nSPS) is 14.1. The lowest BCUT2D eigenvalue weighted by molar-refractivity contribution is -0.131. The summed E-state index contributed by atoms with van der Waals surface area (Å²) in [5.41, 5.74) is 2.05. The average molecular weight is 455 g/mol. The number of nitrogens with zero attached hydrogens (tertiary/aromatic N) is 3. The zero-order chi connectivity index (χ0) is 21.6. The first-order chi connectivity index (χ1) is 15.1. The van der Waals surface area contributed by atoms with Crippen molar-refractivity contribution in [3.8, 4) is 5.75 Å². The van der Waals surface area contributed by atoms with Crippen LogP contribution < -0.4 is 10.1 Å². The Balaban J connectivity index is 1.36. The van der Waals surface area contributed by atoms with Crippen LogP contribution >= 0.6 is 23.1 Å². The fourth-order valence-electron chi connectivity index (χ4n) is 3.42. The number of aromatic nitrogens is 2. The third kappa shape index (κ3) is 5.98. The first-order valence-corrected chi connectivity index (χ1v) is 12.1. The summed E-state index contributed by atoms with van der Waals surface area (Å²) in [6, 6.07) is 18.1. The van der Waals surface area contributed by atoms with Crippen molar-refractivity contribution >= 4 is 39.8 Å². The van der Waals surface area contributed by atoms with Gasteiger partial charge in [-0.3, -0.25) is 4.79 Å². The molecule has 1 aromatic heterocycles. The molecule has 0 spiro atoms. The Labute approximate surface area is 191 Å². The topological polar surface area (TPSA) is 67.3 Å². The highest BCUT2D eigenvalue weighted by Gasteiger charge is 2.34. The predicted octanol–water partition coefficient (Wildman–Crippen LogP) is 5.21. The molecule has 1 atom stereocenters. The number of carbonyl (C=O) groups is 1. The average Bonchev–Trinajstić information content (AvgIpc) is 3.56. The minimum atomic E-state index is 0.144. The molecule has 1 unspecified atom stereocenters. The molecule has 1 fully saturated rings. The number of ether oxygens (including phenoxy) is 1. The maximum absolute atomic E-state index is 13.1. The van der Waals surface area contributed by atoms with Gasteiger partial charge in [0.15, 0.2) is 4.34 Å². The lowest BCUT2D eigenvalue weighted by atomic mass is 10.1. The van der Waals surface area contributed by atoms with Gasteiger partial charge in [-0.05, 0) is 43.4 Å². The SMILES string of the molecule is COc1cccc(Nc2nnc(SCC(=O)N(Cc3ccccc3)C(C)C3CC3)s2)c1. The van der Waals surface area contributed by atoms with Crippen LogP contribution in [0.4, 0.5) is 10.8 Å². The van der Waals surface area contributed by atoms with Crippen LogP contribution in [0.3, 0.4) is 0 Å². The van der Waals surface area contributed by atoms with Gasteiger partial charge in [-0.1, -0.05) is 59.5 Å². The van der Waals surface area contributed by atoms with Crippen molar-refractivity contribution in [2.45, 2.75) is 36.7 Å². The summed E-state index contributed by atoms with van der Waals surface area (Å²) in [6.07, 6.45) is 2.42. The fraction of sp³-hybridized carbons (Fsp3) is 0.348. The fourth-order valence-corrected chi connectivity index (χ4v) is 5.08. The number of nitrogens with one attached hydrogen (secondary N) is 1. The number of benzene rings is 2. The van der Waals surface area contributed by atoms with Gasteiger partial charge in [-0.2, -0.15) is 0 Å². The second kappa shape index (κ2) is 10.2. The Morgan fingerprint density at radius 1 is 1.23 bits per heavy atom. The van der Waals surface area contributed by atoms with Crippen LogP contribution in [0.15, 0.2) is 58.9 Å². The summed E-state index contributed by atoms with van der Waals surface area (Å²) >= 11 is 2.89. The van der Waals surface area contributed by atoms with Crippen molar-refractivity contribution in [2.24, 2.45) is 5.92 Å². The maximum atomic E-state index is 13.1. The molecular weight excluding hydrogens is 428 g/mol. The van der Waals surface area contributed by atoms with Crippen molar-refractivity contribution in [3.05, 3.63) is 60.2 Å². The van der Waals surface area contributed by atoms with Crippen LogP contribution in [0.25, 0.3) is 0 Å². The number of methoxy groups -OCH3 is 1. The van der Waals surface area contributed by atoms with Gasteiger partial charge in [0, 0.05) is 24.3 Å². The Morgan fingerprint density at radius 2 is 2.03 bits per heavy atom. The summed E-state index contributed by atoms with van der Waals surface area (Å²) in [7, 11) is 1.64. The lowest BCUT2D eigenvalue weighted by Crippen LogP contribution is -2.40. The molecule has 3 aromatic rings. The van der Waals surface area contributed by atoms with Gasteiger partial charge in [0.05, 0.1) is 12.9 Å². The molecule has 1 aliphatic rings. The van der Waals surface area contributed by atoms with E-state index in [1.807, 2.05) is 47.4 Å². The molecule has 0 bridgehead atoms. The van der Waals surface area contributed by atoms with Crippen LogP contribution in [-0.2, 0) is 11.3 Å². The summed E-state index contributed by atoms with van der Waals surface area (Å²) < 4.78 is 6.02. The summed E-state index contributed by atoms with van der Waals surface area (Å²) in [4.78, 5) is 15.1. The highest BCUT2D eigenvalue weighted by molar-refractivity contribution is 8.01. The molecule has 162 valence electrons. The van der Waals surface area contributed by atoms with E-state index in [1.165, 1.54) is 35.9 Å². The smallest absolute Gasteiger partial charge is 0.233 e. The number of rotatable bonds is 10. The van der Waals surface area contributed by atoms with Gasteiger partial charge in [-0.25, -0.2) is 0 Å². The molecule has 6 nitrogen and oxygen atoms in total. The van der Waals surface area contributed by atoms with E-state index in [9.17, 15) is 4.79 Å². The third-order valence-electron chi connectivity index (χ3n) is 5.36. The maximum Gasteiger partial charge on any atom is 0.233 e. The van der Waals surface area contributed by atoms with Gasteiger partial charge < -0.3 is 15.0 Å². The van der Waals surface area contributed by atoms with Crippen LogP contribution in [0, 0.1) is 5.92 Å². The van der Waals surface area contributed by atoms with E-state index >= 15 is 0 Å². The van der Waals surface area contributed by atoms with Crippen LogP contribution in [0.1, 0.15) is 25.3 Å². The summed E-state index contributed by atoms with van der Waals surface area (Å²) in [5, 5.41) is 12.4. The Morgan fingerprint density at radius 3 is 2.77 bits per heavy atom. The van der Waals surface area contributed by atoms with Crippen molar-refractivity contribution in [1.82, 2.24) is 15.1 Å². The molecule has 1 heterocycles. The second-order valence-corrected chi connectivity index (χ2v) is 9.80. The van der Waals surface area contributed by atoms with E-state index in [-0.39, 0.29) is 11.9 Å². The minimum Gasteiger partial charge on any atom is -0.497 e. The predicted molar refractivity (Wildman–Crippen MR) is 126 cm³/mol. The van der Waals surface area contributed by atoms with Gasteiger partial charge in [0.1, 0.15) is 5.75 Å². The molecule has 1 N–H and O–H groups in total. The van der Waals surface area contributed by atoms with E-state index in [1.54, 1.807) is 7.11 Å². The zero-order valence-corrected chi connectivity index (χ0v) is 19.3. The van der Waals surface area contributed by atoms with E-state index < -0.39 is 0 Å². The Bertz CT molecular complexity index is 1010. The standard InChI is InChI=1S/C23H26N4O2S2/c1-16(18-11-12-18)27(14-17-7-4-3-5-8-17)21(28)15-30-23-26-25-22(31-23)24-19-9-6-10-20(13-19)29-2/h3-10,13,16,18H,11-12,14-15H2,1-2H3,(H,24,25). The lowest BCUT2D eigenvalue weighted by Gasteiger charge is -2.29. The Hall–Kier alpha value is -2.58. The molecule has 1 saturated carbocycles. The molecule has 4 rings (SSSR count). The van der Waals surface area contributed by atoms with Gasteiger partial charge >= 0.3 is 0 Å². The number of anilines is 2. The number of carbonyl (C=O) groups excluding carboxylic acids is 1. The first-order valence-electron chi connectivity index (χ1n) is 10.3. The zero-order valence-electron chi connectivity index (χ0n) is 17.7. The molecule has 0 saturated heterocycles. The number of thioether (sulfide) groups is 1. The van der Waals surface area contributed by atoms with Crippen molar-refractivity contribution in [2.75, 3.05) is 18.2 Å². The summed E-state index contributed by atoms with van der Waals surface area (Å²) in [5.74, 6) is 1.90. The monoisotopic (exact) mass is 454 g/mol. The molecule has 1 amide bonds. The first kappa shape index (κ1) is 21.6. The van der Waals surface area contributed by atoms with Gasteiger partial charge in [-0.15, -0.1) is 10.2 Å². The van der Waals surface area contributed by atoms with Crippen LogP contribution in [-0.4, -0.2) is 39.9 Å². The van der Waals surface area contributed by atoms with Crippen LogP contribution in [0.5, 0.6) is 5.75 Å². The van der Waals surface area contributed by atoms with Crippen molar-refractivity contribution < 1.29 is 9.53 Å². The minimum absolute atomic E-state index is 0.144. The van der Waals surface area contributed by atoms with Crippen molar-refractivity contribution in [1.29, 1.82) is 0 Å². The Kier molecular flexibility index (Phi) is 7.09. The molecule has 1 aliphatic carbocycles. The highest BCUT2D eigenvalue weighted by Crippen LogP contribution is 2.36. The number of hydrogen-bond donors (Lipinski definition) is 1. The van der Waals surface area contributed by atoms with E-state index in [4.69, 9.17) is 4.74 Å².